The molecule has 1 aromatic carbocycles. The molecule has 206 valence electrons. The molecule has 0 saturated heterocycles. The number of nitrogens with one attached hydrogen (secondary N) is 1. The number of carbonyl (C=O) groups excluding carboxylic acids is 2. The fourth-order valence-electron chi connectivity index (χ4n) is 3.57. The number of fused-ring (bicyclic) bond motifs is 1. The lowest BCUT2D eigenvalue weighted by atomic mass is 9.99. The summed E-state index contributed by atoms with van der Waals surface area (Å²) >= 11 is 0. The van der Waals surface area contributed by atoms with Crippen molar-refractivity contribution in [1.82, 2.24) is 9.88 Å². The Morgan fingerprint density at radius 2 is 1.78 bits per heavy atom. The minimum atomic E-state index is -4.38. The Morgan fingerprint density at radius 3 is 2.32 bits per heavy atom. The molecule has 1 heterocycles. The second-order valence-corrected chi connectivity index (χ2v) is 8.48. The number of carbonyl (C=O) groups is 2. The lowest BCUT2D eigenvalue weighted by Gasteiger charge is -2.27. The molecule has 1 aromatic heterocycles. The molecule has 0 radical (unpaired) electrons. The first kappa shape index (κ1) is 32.0. The number of ether oxygens (including phenoxy) is 1. The van der Waals surface area contributed by atoms with Gasteiger partial charge in [0.2, 0.25) is 0 Å². The van der Waals surface area contributed by atoms with E-state index in [9.17, 15) is 27.9 Å². The Labute approximate surface area is 217 Å². The van der Waals surface area contributed by atoms with Crippen LogP contribution in [0.1, 0.15) is 81.7 Å². The summed E-state index contributed by atoms with van der Waals surface area (Å²) in [4.78, 5) is 26.5. The lowest BCUT2D eigenvalue weighted by molar-refractivity contribution is -0.125. The number of benzene rings is 1. The molecule has 1 amide bonds. The van der Waals surface area contributed by atoms with Gasteiger partial charge in [-0.25, -0.2) is 4.79 Å². The molecule has 0 aliphatic carbocycles. The molecule has 6 nitrogen and oxygen atoms in total. The second kappa shape index (κ2) is 14.6. The van der Waals surface area contributed by atoms with E-state index in [0.717, 1.165) is 6.08 Å². The maximum absolute atomic E-state index is 13.4. The number of rotatable bonds is 11. The van der Waals surface area contributed by atoms with Crippen molar-refractivity contribution >= 4 is 22.8 Å². The number of nitrogens with zero attached hydrogens (tertiary/aromatic N) is 1. The molecule has 2 rings (SSSR count). The largest absolute Gasteiger partial charge is 0.461 e. The van der Waals surface area contributed by atoms with E-state index in [-0.39, 0.29) is 31.0 Å². The van der Waals surface area contributed by atoms with Crippen molar-refractivity contribution in [2.24, 2.45) is 0 Å². The molecular weight excluding hydrogens is 485 g/mol. The van der Waals surface area contributed by atoms with E-state index in [0.29, 0.717) is 29.3 Å². The van der Waals surface area contributed by atoms with Crippen LogP contribution in [0.15, 0.2) is 48.1 Å². The molecule has 2 aromatic rings. The number of allylic oxidation sites excluding steroid dienone is 4. The highest BCUT2D eigenvalue weighted by atomic mass is 19.4. The Bertz CT molecular complexity index is 1100. The molecule has 0 spiro atoms. The third-order valence-corrected chi connectivity index (χ3v) is 5.72. The van der Waals surface area contributed by atoms with Crippen LogP contribution in [0.2, 0.25) is 0 Å². The quantitative estimate of drug-likeness (QED) is 0.257. The molecule has 1 atom stereocenters. The van der Waals surface area contributed by atoms with E-state index in [2.05, 4.69) is 5.32 Å². The summed E-state index contributed by atoms with van der Waals surface area (Å²) in [6.07, 6.45) is -0.0409. The maximum Gasteiger partial charge on any atom is 0.392 e. The Morgan fingerprint density at radius 1 is 1.14 bits per heavy atom. The average Bonchev–Trinajstić information content (AvgIpc) is 3.20. The van der Waals surface area contributed by atoms with Crippen molar-refractivity contribution in [3.63, 3.8) is 0 Å². The van der Waals surface area contributed by atoms with Crippen molar-refractivity contribution in [2.45, 2.75) is 79.1 Å². The average molecular weight is 525 g/mol. The predicted molar refractivity (Wildman–Crippen MR) is 141 cm³/mol. The van der Waals surface area contributed by atoms with Crippen molar-refractivity contribution in [3.05, 3.63) is 59.3 Å². The van der Waals surface area contributed by atoms with Crippen LogP contribution >= 0.6 is 0 Å². The summed E-state index contributed by atoms with van der Waals surface area (Å²) in [5, 5.41) is 13.0. The number of aliphatic hydroxyl groups is 1. The van der Waals surface area contributed by atoms with Crippen LogP contribution in [0.4, 0.5) is 13.2 Å². The zero-order valence-electron chi connectivity index (χ0n) is 22.5. The molecule has 37 heavy (non-hydrogen) atoms. The van der Waals surface area contributed by atoms with Gasteiger partial charge in [0.1, 0.15) is 5.69 Å². The van der Waals surface area contributed by atoms with Gasteiger partial charge in [-0.15, -0.1) is 0 Å². The van der Waals surface area contributed by atoms with E-state index < -0.39 is 30.0 Å². The number of hydrogen-bond acceptors (Lipinski definition) is 4. The summed E-state index contributed by atoms with van der Waals surface area (Å²) < 4.78 is 45.6. The van der Waals surface area contributed by atoms with Gasteiger partial charge in [0.25, 0.3) is 5.91 Å². The molecule has 0 aliphatic rings. The molecule has 0 fully saturated rings. The minimum Gasteiger partial charge on any atom is -0.461 e. The SMILES string of the molecule is CC.CC/C=C\C(=C/CC(F)(F)F)Cn1c(C(=O)OCC)c(C(=O)NC(C)(CC)CO)c2ccccc21. The predicted octanol–water partition coefficient (Wildman–Crippen LogP) is 6.58. The Kier molecular flexibility index (Phi) is 12.6. The first-order valence-corrected chi connectivity index (χ1v) is 12.6. The Balaban J connectivity index is 0.00000334. The van der Waals surface area contributed by atoms with Crippen LogP contribution in [-0.4, -0.2) is 46.5 Å². The smallest absolute Gasteiger partial charge is 0.392 e. The third kappa shape index (κ3) is 8.77. The fourth-order valence-corrected chi connectivity index (χ4v) is 3.57. The standard InChI is InChI=1S/C26H33F3N2O4.C2H6/c1-5-8-11-18(14-15-26(27,28)29)16-31-20-13-10-9-12-19(20)21(22(31)24(34)35-7-3)23(33)30-25(4,6-2)17-32;1-2/h8-14,32H,5-7,15-17H2,1-4H3,(H,30,33);1-2H3/b11-8-,18-14+;. The first-order chi connectivity index (χ1) is 17.5. The van der Waals surface area contributed by atoms with Crippen LogP contribution in [0, 0.1) is 0 Å². The lowest BCUT2D eigenvalue weighted by Crippen LogP contribution is -2.48. The van der Waals surface area contributed by atoms with Crippen LogP contribution in [0.5, 0.6) is 0 Å². The van der Waals surface area contributed by atoms with Crippen LogP contribution in [0.3, 0.4) is 0 Å². The van der Waals surface area contributed by atoms with Gasteiger partial charge in [-0.2, -0.15) is 13.2 Å². The van der Waals surface area contributed by atoms with Gasteiger partial charge >= 0.3 is 12.1 Å². The van der Waals surface area contributed by atoms with E-state index >= 15 is 0 Å². The van der Waals surface area contributed by atoms with Gasteiger partial charge in [0.15, 0.2) is 0 Å². The van der Waals surface area contributed by atoms with Crippen molar-refractivity contribution in [2.75, 3.05) is 13.2 Å². The van der Waals surface area contributed by atoms with E-state index in [1.165, 1.54) is 4.57 Å². The summed E-state index contributed by atoms with van der Waals surface area (Å²) in [6, 6.07) is 6.80. The van der Waals surface area contributed by atoms with Gasteiger partial charge in [0, 0.05) is 17.4 Å². The summed E-state index contributed by atoms with van der Waals surface area (Å²) in [5.74, 6) is -1.34. The number of alkyl halides is 3. The van der Waals surface area contributed by atoms with Crippen LogP contribution < -0.4 is 5.32 Å². The normalized spacial score (nSPS) is 13.7. The molecule has 0 saturated carbocycles. The molecule has 0 bridgehead atoms. The molecular formula is C28H39F3N2O4. The van der Waals surface area contributed by atoms with Crippen LogP contribution in [-0.2, 0) is 11.3 Å². The minimum absolute atomic E-state index is 0.0512. The highest BCUT2D eigenvalue weighted by Gasteiger charge is 2.32. The first-order valence-electron chi connectivity index (χ1n) is 12.6. The number of halogens is 3. The number of esters is 1. The highest BCUT2D eigenvalue weighted by molar-refractivity contribution is 6.15. The van der Waals surface area contributed by atoms with Crippen molar-refractivity contribution in [1.29, 1.82) is 0 Å². The maximum atomic E-state index is 13.4. The monoisotopic (exact) mass is 524 g/mol. The summed E-state index contributed by atoms with van der Waals surface area (Å²) in [7, 11) is 0. The number of hydrogen-bond donors (Lipinski definition) is 2. The molecule has 2 N–H and O–H groups in total. The number of amides is 1. The molecule has 9 heteroatoms. The zero-order chi connectivity index (χ0) is 28.2. The zero-order valence-corrected chi connectivity index (χ0v) is 22.5. The third-order valence-electron chi connectivity index (χ3n) is 5.72. The van der Waals surface area contributed by atoms with Gasteiger partial charge < -0.3 is 19.7 Å². The van der Waals surface area contributed by atoms with Gasteiger partial charge in [-0.05, 0) is 38.3 Å². The number of aromatic nitrogens is 1. The van der Waals surface area contributed by atoms with Crippen molar-refractivity contribution < 1.29 is 32.6 Å². The summed E-state index contributed by atoms with van der Waals surface area (Å²) in [6.45, 7) is 10.7. The summed E-state index contributed by atoms with van der Waals surface area (Å²) in [5.41, 5.74) is -0.0677. The topological polar surface area (TPSA) is 80.6 Å². The molecule has 1 unspecified atom stereocenters. The van der Waals surface area contributed by atoms with E-state index in [1.807, 2.05) is 27.7 Å². The fraction of sp³-hybridized carbons (Fsp3) is 0.500. The van der Waals surface area contributed by atoms with Gasteiger partial charge in [-0.1, -0.05) is 64.1 Å². The van der Waals surface area contributed by atoms with Crippen molar-refractivity contribution in [3.8, 4) is 0 Å². The number of aliphatic hydroxyl groups excluding tert-OH is 1. The van der Waals surface area contributed by atoms with Gasteiger partial charge in [-0.3, -0.25) is 4.79 Å². The van der Waals surface area contributed by atoms with E-state index in [1.54, 1.807) is 50.3 Å². The second-order valence-electron chi connectivity index (χ2n) is 8.48. The Hall–Kier alpha value is -3.07. The van der Waals surface area contributed by atoms with E-state index in [4.69, 9.17) is 4.74 Å². The number of para-hydroxylation sites is 1. The highest BCUT2D eigenvalue weighted by Crippen LogP contribution is 2.30. The van der Waals surface area contributed by atoms with Gasteiger partial charge in [0.05, 0.1) is 30.7 Å². The van der Waals surface area contributed by atoms with Crippen LogP contribution in [0.25, 0.3) is 10.9 Å². The molecule has 0 aliphatic heterocycles.